The number of ether oxygens (including phenoxy) is 1. The van der Waals surface area contributed by atoms with Gasteiger partial charge in [0.25, 0.3) is 0 Å². The van der Waals surface area contributed by atoms with Crippen molar-refractivity contribution < 1.29 is 53.6 Å². The van der Waals surface area contributed by atoms with Gasteiger partial charge in [0.1, 0.15) is 19.3 Å². The van der Waals surface area contributed by atoms with E-state index >= 15 is 0 Å². The molecule has 4 fully saturated rings. The van der Waals surface area contributed by atoms with Crippen molar-refractivity contribution in [2.45, 2.75) is 77.5 Å². The number of Topliss-reactive ketones (excluding diaryl/α,β-unsaturated/α-hetero) is 1. The van der Waals surface area contributed by atoms with Crippen LogP contribution >= 0.6 is 15.9 Å². The number of nitrogens with one attached hydrogen (secondary N) is 4. The lowest BCUT2D eigenvalue weighted by Crippen LogP contribution is -2.60. The number of carboxylic acids is 1. The summed E-state index contributed by atoms with van der Waals surface area (Å²) in [5.41, 5.74) is 3.93. The average molecular weight is 1020 g/mol. The SMILES string of the molecule is C[C@]12C=CC(=O)C=C1CC[C@@H]1[C@@H]2[C@@H](O)C[C@@]2(C)[C@H]1C[C@H]1CN(c3ccc(Cc4cccc(NC(=O)OCc5ccc(NC(=O)[C@H](CCC(=O)O)NC(=O)CNC(=O)CBr)cc5)c4)cc3)C[C@]12C(=O)CO. The quantitative estimate of drug-likeness (QED) is 0.0807. The summed E-state index contributed by atoms with van der Waals surface area (Å²) in [6.07, 6.45) is 7.12. The Morgan fingerprint density at radius 3 is 2.39 bits per heavy atom. The van der Waals surface area contributed by atoms with Crippen LogP contribution in [0.1, 0.15) is 69.1 Å². The third-order valence-electron chi connectivity index (χ3n) is 16.0. The maximum atomic E-state index is 14.2. The zero-order valence-electron chi connectivity index (χ0n) is 39.2. The predicted octanol–water partition coefficient (Wildman–Crippen LogP) is 5.70. The molecule has 4 aliphatic carbocycles. The molecule has 17 heteroatoms. The van der Waals surface area contributed by atoms with Crippen LogP contribution in [-0.2, 0) is 46.5 Å². The number of aliphatic carboxylic acids is 1. The Hall–Kier alpha value is -6.17. The number of carbonyl (C=O) groups excluding carboxylic acids is 6. The number of nitrogens with zero attached hydrogens (tertiary/aromatic N) is 1. The maximum Gasteiger partial charge on any atom is 0.411 e. The molecular weight excluding hydrogens is 963 g/mol. The molecule has 70 heavy (non-hydrogen) atoms. The van der Waals surface area contributed by atoms with Crippen LogP contribution in [0.4, 0.5) is 21.9 Å². The molecule has 5 aliphatic rings. The van der Waals surface area contributed by atoms with Gasteiger partial charge in [-0.25, -0.2) is 4.79 Å². The standard InChI is InChI=1S/C53H60BrN5O11/c1-51-19-18-39(61)22-34(51)10-15-40-41-23-35-27-59(30-53(35,44(63)28-60)52(41,2)24-43(62)48(40)51)38-13-8-31(9-14-38)20-33-4-3-5-37(21-33)57-50(69)70-29-32-6-11-36(12-7-32)56-49(68)42(16-17-47(66)67)58-46(65)26-55-45(64)25-54/h3-9,11-14,18-19,21-22,35,40-43,48,60,62H,10,15-17,20,23-30H2,1-2H3,(H,55,64)(H,56,68)(H,57,69)(H,58,65)(H,66,67)/t35-,40-,41-,42-,43-,48+,51-,52-,53+/m0/s1. The molecule has 1 aliphatic heterocycles. The van der Waals surface area contributed by atoms with Crippen LogP contribution in [0.5, 0.6) is 0 Å². The minimum absolute atomic E-state index is 0.000194. The van der Waals surface area contributed by atoms with Crippen molar-refractivity contribution in [3.63, 3.8) is 0 Å². The fourth-order valence-electron chi connectivity index (χ4n) is 12.8. The highest BCUT2D eigenvalue weighted by Crippen LogP contribution is 2.72. The number of alkyl halides is 1. The Kier molecular flexibility index (Phi) is 14.8. The maximum absolute atomic E-state index is 14.2. The lowest BCUT2D eigenvalue weighted by Gasteiger charge is -2.60. The molecule has 0 unspecified atom stereocenters. The zero-order chi connectivity index (χ0) is 50.0. The number of ketones is 2. The molecule has 9 atom stereocenters. The summed E-state index contributed by atoms with van der Waals surface area (Å²) >= 11 is 2.98. The minimum atomic E-state index is -1.17. The molecule has 16 nitrogen and oxygen atoms in total. The Balaban J connectivity index is 0.841. The van der Waals surface area contributed by atoms with Gasteiger partial charge in [0.05, 0.1) is 23.4 Å². The van der Waals surface area contributed by atoms with Gasteiger partial charge in [0, 0.05) is 47.9 Å². The third kappa shape index (κ3) is 10.1. The lowest BCUT2D eigenvalue weighted by atomic mass is 9.44. The molecule has 1 saturated heterocycles. The Morgan fingerprint density at radius 2 is 1.67 bits per heavy atom. The topological polar surface area (TPSA) is 241 Å². The number of amides is 4. The molecule has 0 spiro atoms. The number of hydrogen-bond acceptors (Lipinski definition) is 11. The van der Waals surface area contributed by atoms with E-state index in [0.29, 0.717) is 42.9 Å². The fourth-order valence-corrected chi connectivity index (χ4v) is 13.0. The van der Waals surface area contributed by atoms with Crippen molar-refractivity contribution in [3.8, 4) is 0 Å². The number of benzene rings is 3. The highest BCUT2D eigenvalue weighted by molar-refractivity contribution is 9.09. The first kappa shape index (κ1) is 50.2. The van der Waals surface area contributed by atoms with E-state index in [2.05, 4.69) is 80.2 Å². The van der Waals surface area contributed by atoms with Gasteiger partial charge < -0.3 is 40.9 Å². The summed E-state index contributed by atoms with van der Waals surface area (Å²) in [5.74, 6) is -2.61. The molecule has 7 N–H and O–H groups in total. The summed E-state index contributed by atoms with van der Waals surface area (Å²) in [5, 5.41) is 41.9. The van der Waals surface area contributed by atoms with Crippen molar-refractivity contribution in [3.05, 3.63) is 113 Å². The molecule has 0 aromatic heterocycles. The largest absolute Gasteiger partial charge is 0.481 e. The number of carboxylic acid groups (broad SMARTS) is 1. The summed E-state index contributed by atoms with van der Waals surface area (Å²) < 4.78 is 5.46. The molecule has 3 saturated carbocycles. The molecular formula is C53H60BrN5O11. The number of rotatable bonds is 17. The Labute approximate surface area is 414 Å². The van der Waals surface area contributed by atoms with Gasteiger partial charge in [0.15, 0.2) is 11.6 Å². The van der Waals surface area contributed by atoms with Crippen molar-refractivity contribution in [2.75, 3.05) is 47.1 Å². The second-order valence-electron chi connectivity index (χ2n) is 20.0. The summed E-state index contributed by atoms with van der Waals surface area (Å²) in [6.45, 7) is 4.51. The minimum Gasteiger partial charge on any atom is -0.481 e. The van der Waals surface area contributed by atoms with Crippen LogP contribution in [0.3, 0.4) is 0 Å². The molecule has 0 radical (unpaired) electrons. The monoisotopic (exact) mass is 1020 g/mol. The van der Waals surface area contributed by atoms with Crippen molar-refractivity contribution in [1.29, 1.82) is 0 Å². The number of anilines is 3. The molecule has 8 rings (SSSR count). The molecule has 3 aromatic rings. The first-order valence-corrected chi connectivity index (χ1v) is 24.9. The molecule has 3 aromatic carbocycles. The smallest absolute Gasteiger partial charge is 0.411 e. The van der Waals surface area contributed by atoms with Gasteiger partial charge >= 0.3 is 12.1 Å². The van der Waals surface area contributed by atoms with Gasteiger partial charge in [0.2, 0.25) is 17.7 Å². The highest BCUT2D eigenvalue weighted by atomic mass is 79.9. The highest BCUT2D eigenvalue weighted by Gasteiger charge is 2.73. The van der Waals surface area contributed by atoms with E-state index < -0.39 is 64.8 Å². The van der Waals surface area contributed by atoms with Gasteiger partial charge in [-0.15, -0.1) is 0 Å². The first-order chi connectivity index (χ1) is 33.5. The summed E-state index contributed by atoms with van der Waals surface area (Å²) in [6, 6.07) is 21.0. The second-order valence-corrected chi connectivity index (χ2v) is 20.5. The van der Waals surface area contributed by atoms with Crippen LogP contribution < -0.4 is 26.2 Å². The number of aliphatic hydroxyl groups excluding tert-OH is 2. The average Bonchev–Trinajstić information content (AvgIpc) is 3.84. The number of halogens is 1. The van der Waals surface area contributed by atoms with Crippen LogP contribution in [-0.4, -0.2) is 100 Å². The summed E-state index contributed by atoms with van der Waals surface area (Å²) in [7, 11) is 0. The van der Waals surface area contributed by atoms with E-state index in [1.54, 1.807) is 42.5 Å². The molecule has 1 heterocycles. The van der Waals surface area contributed by atoms with E-state index in [1.807, 2.05) is 24.3 Å². The Bertz CT molecular complexity index is 2600. The number of fused-ring (bicyclic) bond motifs is 7. The van der Waals surface area contributed by atoms with Crippen molar-refractivity contribution in [2.24, 2.45) is 39.9 Å². The summed E-state index contributed by atoms with van der Waals surface area (Å²) in [4.78, 5) is 89.5. The number of allylic oxidation sites excluding steroid dienone is 4. The molecule has 4 amide bonds. The van der Waals surface area contributed by atoms with E-state index in [-0.39, 0.29) is 66.6 Å². The number of hydrogen-bond donors (Lipinski definition) is 7. The first-order valence-electron chi connectivity index (χ1n) is 23.8. The molecule has 370 valence electrons. The van der Waals surface area contributed by atoms with Gasteiger partial charge in [-0.2, -0.15) is 0 Å². The predicted molar refractivity (Wildman–Crippen MR) is 264 cm³/mol. The van der Waals surface area contributed by atoms with E-state index in [4.69, 9.17) is 9.84 Å². The third-order valence-corrected chi connectivity index (χ3v) is 16.5. The van der Waals surface area contributed by atoms with Crippen molar-refractivity contribution >= 4 is 74.3 Å². The van der Waals surface area contributed by atoms with Gasteiger partial charge in [-0.1, -0.05) is 77.8 Å². The van der Waals surface area contributed by atoms with Crippen LogP contribution in [0, 0.1) is 39.9 Å². The lowest BCUT2D eigenvalue weighted by molar-refractivity contribution is -0.157. The fraction of sp³-hybridized carbons (Fsp3) is 0.453. The number of carbonyl (C=O) groups is 7. The van der Waals surface area contributed by atoms with Gasteiger partial charge in [-0.3, -0.25) is 34.1 Å². The van der Waals surface area contributed by atoms with E-state index in [0.717, 1.165) is 41.6 Å². The van der Waals surface area contributed by atoms with E-state index in [9.17, 15) is 43.8 Å². The molecule has 0 bridgehead atoms. The number of aliphatic hydroxyl groups is 2. The van der Waals surface area contributed by atoms with Crippen LogP contribution in [0.15, 0.2) is 96.6 Å². The normalized spacial score (nSPS) is 27.7. The van der Waals surface area contributed by atoms with Crippen molar-refractivity contribution in [1.82, 2.24) is 10.6 Å². The van der Waals surface area contributed by atoms with Gasteiger partial charge in [-0.05, 0) is 127 Å². The van der Waals surface area contributed by atoms with Crippen LogP contribution in [0.25, 0.3) is 0 Å². The second kappa shape index (κ2) is 20.7. The Morgan fingerprint density at radius 1 is 0.929 bits per heavy atom. The van der Waals surface area contributed by atoms with E-state index in [1.165, 1.54) is 0 Å². The zero-order valence-corrected chi connectivity index (χ0v) is 40.8. The van der Waals surface area contributed by atoms with Crippen LogP contribution in [0.2, 0.25) is 0 Å².